The van der Waals surface area contributed by atoms with E-state index in [9.17, 15) is 4.39 Å². The van der Waals surface area contributed by atoms with E-state index in [0.717, 1.165) is 40.0 Å². The predicted molar refractivity (Wildman–Crippen MR) is 150 cm³/mol. The molecule has 0 atom stereocenters. The van der Waals surface area contributed by atoms with Crippen LogP contribution in [0.1, 0.15) is 17.0 Å². The number of rotatable bonds is 9. The molecule has 8 nitrogen and oxygen atoms in total. The van der Waals surface area contributed by atoms with E-state index in [0.29, 0.717) is 35.0 Å². The predicted octanol–water partition coefficient (Wildman–Crippen LogP) is 5.45. The molecule has 0 aliphatic rings. The summed E-state index contributed by atoms with van der Waals surface area (Å²) in [7, 11) is 4.00. The monoisotopic (exact) mass is 508 g/mol. The van der Waals surface area contributed by atoms with Crippen molar-refractivity contribution in [1.29, 1.82) is 0 Å². The van der Waals surface area contributed by atoms with Gasteiger partial charge in [-0.3, -0.25) is 10.1 Å². The third-order valence-electron chi connectivity index (χ3n) is 6.18. The number of aromatic nitrogens is 6. The van der Waals surface area contributed by atoms with Crippen molar-refractivity contribution in [3.05, 3.63) is 96.5 Å². The Bertz CT molecular complexity index is 1610. The number of H-pyrrole nitrogens is 2. The summed E-state index contributed by atoms with van der Waals surface area (Å²) in [6.45, 7) is 7.35. The Morgan fingerprint density at radius 3 is 2.71 bits per heavy atom. The SMILES string of the molecule is C=C/C=C(/c1cc(F)cc(NCCN(C)C)c1)c1nc(-c2[nH]nc3ncc(-c4ccncc4)cc23)[nH]c1C. The van der Waals surface area contributed by atoms with Crippen LogP contribution >= 0.6 is 0 Å². The molecule has 9 heteroatoms. The molecule has 192 valence electrons. The van der Waals surface area contributed by atoms with Gasteiger partial charge in [-0.05, 0) is 68.5 Å². The fourth-order valence-electron chi connectivity index (χ4n) is 4.32. The second-order valence-corrected chi connectivity index (χ2v) is 9.26. The van der Waals surface area contributed by atoms with Crippen molar-refractivity contribution < 1.29 is 4.39 Å². The van der Waals surface area contributed by atoms with Gasteiger partial charge >= 0.3 is 0 Å². The number of pyridine rings is 2. The molecule has 3 N–H and O–H groups in total. The molecular weight excluding hydrogens is 479 g/mol. The zero-order valence-corrected chi connectivity index (χ0v) is 21.6. The van der Waals surface area contributed by atoms with Crippen LogP contribution in [0.2, 0.25) is 0 Å². The first-order valence-electron chi connectivity index (χ1n) is 12.3. The van der Waals surface area contributed by atoms with Crippen LogP contribution in [0, 0.1) is 12.7 Å². The number of nitrogens with one attached hydrogen (secondary N) is 3. The van der Waals surface area contributed by atoms with Crippen molar-refractivity contribution in [3.63, 3.8) is 0 Å². The van der Waals surface area contributed by atoms with Crippen molar-refractivity contribution in [1.82, 2.24) is 35.0 Å². The second-order valence-electron chi connectivity index (χ2n) is 9.26. The maximum atomic E-state index is 14.7. The van der Waals surface area contributed by atoms with Crippen molar-refractivity contribution >= 4 is 22.3 Å². The molecule has 0 fully saturated rings. The lowest BCUT2D eigenvalue weighted by atomic mass is 10.00. The number of aromatic amines is 2. The van der Waals surface area contributed by atoms with Gasteiger partial charge in [0.05, 0.1) is 11.1 Å². The summed E-state index contributed by atoms with van der Waals surface area (Å²) in [5.41, 5.74) is 6.98. The van der Waals surface area contributed by atoms with Gasteiger partial charge in [-0.1, -0.05) is 18.7 Å². The molecule has 0 unspecified atom stereocenters. The van der Waals surface area contributed by atoms with Gasteiger partial charge in [0, 0.05) is 54.2 Å². The van der Waals surface area contributed by atoms with Gasteiger partial charge in [-0.2, -0.15) is 5.10 Å². The molecule has 5 rings (SSSR count). The Labute approximate surface area is 220 Å². The summed E-state index contributed by atoms with van der Waals surface area (Å²) in [6, 6.07) is 10.8. The Kier molecular flexibility index (Phi) is 7.10. The molecule has 0 saturated carbocycles. The number of hydrogen-bond donors (Lipinski definition) is 3. The zero-order valence-electron chi connectivity index (χ0n) is 21.6. The Morgan fingerprint density at radius 2 is 1.95 bits per heavy atom. The number of aryl methyl sites for hydroxylation is 1. The molecule has 5 aromatic rings. The lowest BCUT2D eigenvalue weighted by molar-refractivity contribution is 0.425. The van der Waals surface area contributed by atoms with E-state index >= 15 is 0 Å². The molecule has 4 heterocycles. The summed E-state index contributed by atoms with van der Waals surface area (Å²) in [4.78, 5) is 19.0. The smallest absolute Gasteiger partial charge is 0.181 e. The molecule has 0 bridgehead atoms. The first-order valence-corrected chi connectivity index (χ1v) is 12.3. The summed E-state index contributed by atoms with van der Waals surface area (Å²) in [5, 5.41) is 11.6. The molecule has 0 aliphatic carbocycles. The molecule has 1 aromatic carbocycles. The number of likely N-dealkylation sites (N-methyl/N-ethyl adjacent to an activating group) is 1. The average molecular weight is 509 g/mol. The van der Waals surface area contributed by atoms with Gasteiger partial charge in [0.2, 0.25) is 0 Å². The number of halogens is 1. The van der Waals surface area contributed by atoms with Crippen LogP contribution in [0.5, 0.6) is 0 Å². The zero-order chi connectivity index (χ0) is 26.6. The maximum absolute atomic E-state index is 14.7. The first-order chi connectivity index (χ1) is 18.4. The quantitative estimate of drug-likeness (QED) is 0.229. The molecule has 0 amide bonds. The molecule has 0 aliphatic heterocycles. The van der Waals surface area contributed by atoms with Crippen LogP contribution in [0.15, 0.2) is 73.7 Å². The third-order valence-corrected chi connectivity index (χ3v) is 6.18. The molecule has 0 saturated heterocycles. The number of anilines is 1. The highest BCUT2D eigenvalue weighted by Gasteiger charge is 2.19. The third kappa shape index (κ3) is 5.23. The van der Waals surface area contributed by atoms with Crippen LogP contribution in [0.4, 0.5) is 10.1 Å². The molecule has 0 radical (unpaired) electrons. The molecule has 38 heavy (non-hydrogen) atoms. The number of nitrogens with zero attached hydrogens (tertiary/aromatic N) is 5. The number of benzene rings is 1. The Hall–Kier alpha value is -4.63. The largest absolute Gasteiger partial charge is 0.384 e. The second kappa shape index (κ2) is 10.8. The molecule has 4 aromatic heterocycles. The lowest BCUT2D eigenvalue weighted by Gasteiger charge is -2.13. The van der Waals surface area contributed by atoms with E-state index in [1.807, 2.05) is 51.4 Å². The van der Waals surface area contributed by atoms with Crippen molar-refractivity contribution in [2.75, 3.05) is 32.5 Å². The summed E-state index contributed by atoms with van der Waals surface area (Å²) >= 11 is 0. The minimum atomic E-state index is -0.326. The minimum absolute atomic E-state index is 0.326. The van der Waals surface area contributed by atoms with Crippen LogP contribution in [0.3, 0.4) is 0 Å². The van der Waals surface area contributed by atoms with Crippen LogP contribution in [-0.2, 0) is 0 Å². The highest BCUT2D eigenvalue weighted by atomic mass is 19.1. The van der Waals surface area contributed by atoms with E-state index in [1.54, 1.807) is 24.7 Å². The van der Waals surface area contributed by atoms with Crippen molar-refractivity contribution in [2.45, 2.75) is 6.92 Å². The van der Waals surface area contributed by atoms with Gasteiger partial charge in [0.1, 0.15) is 11.5 Å². The normalized spacial score (nSPS) is 11.9. The van der Waals surface area contributed by atoms with E-state index < -0.39 is 0 Å². The van der Waals surface area contributed by atoms with Gasteiger partial charge in [-0.15, -0.1) is 0 Å². The molecular formula is C29H29FN8. The van der Waals surface area contributed by atoms with Crippen LogP contribution < -0.4 is 5.32 Å². The summed E-state index contributed by atoms with van der Waals surface area (Å²) in [5.74, 6) is 0.289. The lowest BCUT2D eigenvalue weighted by Crippen LogP contribution is -2.20. The van der Waals surface area contributed by atoms with Crippen LogP contribution in [0.25, 0.3) is 39.3 Å². The number of allylic oxidation sites excluding steroid dienone is 2. The highest BCUT2D eigenvalue weighted by Crippen LogP contribution is 2.32. The van der Waals surface area contributed by atoms with Gasteiger partial charge in [0.25, 0.3) is 0 Å². The summed E-state index contributed by atoms with van der Waals surface area (Å²) in [6.07, 6.45) is 8.82. The van der Waals surface area contributed by atoms with E-state index in [-0.39, 0.29) is 5.82 Å². The number of hydrogen-bond acceptors (Lipinski definition) is 6. The molecule has 0 spiro atoms. The van der Waals surface area contributed by atoms with Gasteiger partial charge in [0.15, 0.2) is 11.5 Å². The van der Waals surface area contributed by atoms with Crippen molar-refractivity contribution in [2.24, 2.45) is 0 Å². The van der Waals surface area contributed by atoms with E-state index in [2.05, 4.69) is 41.9 Å². The first kappa shape index (κ1) is 25.0. The Morgan fingerprint density at radius 1 is 1.13 bits per heavy atom. The van der Waals surface area contributed by atoms with Crippen LogP contribution in [-0.4, -0.2) is 62.2 Å². The maximum Gasteiger partial charge on any atom is 0.181 e. The average Bonchev–Trinajstić information content (AvgIpc) is 3.50. The summed E-state index contributed by atoms with van der Waals surface area (Å²) < 4.78 is 14.7. The highest BCUT2D eigenvalue weighted by molar-refractivity contribution is 5.92. The fraction of sp³-hybridized carbons (Fsp3) is 0.172. The van der Waals surface area contributed by atoms with Crippen molar-refractivity contribution in [3.8, 4) is 22.6 Å². The van der Waals surface area contributed by atoms with E-state index in [1.165, 1.54) is 12.1 Å². The fourth-order valence-corrected chi connectivity index (χ4v) is 4.32. The number of imidazole rings is 1. The minimum Gasteiger partial charge on any atom is -0.384 e. The standard InChI is InChI=1S/C29H29FN8/c1-5-6-24(20-13-22(30)16-23(14-20)32-11-12-38(3)4)26-18(2)34-29(35-26)27-25-15-21(17-33-28(25)37-36-27)19-7-9-31-10-8-19/h5-10,13-17,32H,1,11-12H2,2-4H3,(H,34,35)(H,33,36,37)/b24-6-. The Balaban J connectivity index is 1.53. The van der Waals surface area contributed by atoms with Gasteiger partial charge < -0.3 is 15.2 Å². The van der Waals surface area contributed by atoms with Gasteiger partial charge in [-0.25, -0.2) is 14.4 Å². The topological polar surface area (TPSA) is 98.4 Å². The van der Waals surface area contributed by atoms with E-state index in [4.69, 9.17) is 4.98 Å². The number of fused-ring (bicyclic) bond motifs is 1.